The fourth-order valence-electron chi connectivity index (χ4n) is 4.55. The lowest BCUT2D eigenvalue weighted by atomic mass is 10.0. The molecule has 1 aliphatic heterocycles. The Hall–Kier alpha value is -3.50. The van der Waals surface area contributed by atoms with Crippen molar-refractivity contribution in [3.05, 3.63) is 88.3 Å². The number of nitrogens with one attached hydrogen (secondary N) is 1. The lowest BCUT2D eigenvalue weighted by Crippen LogP contribution is -2.44. The Morgan fingerprint density at radius 3 is 2.63 bits per heavy atom. The highest BCUT2D eigenvalue weighted by Crippen LogP contribution is 2.49. The number of thiophene rings is 1. The second kappa shape index (κ2) is 10.7. The first-order chi connectivity index (χ1) is 18.2. The Kier molecular flexibility index (Phi) is 7.36. The van der Waals surface area contributed by atoms with Crippen molar-refractivity contribution in [2.24, 2.45) is 0 Å². The van der Waals surface area contributed by atoms with Crippen LogP contribution in [0.5, 0.6) is 0 Å². The largest absolute Gasteiger partial charge is 0.352 e. The number of hydrogen-bond acceptors (Lipinski definition) is 5. The number of fused-ring (bicyclic) bond motifs is 1. The first-order valence-corrected chi connectivity index (χ1v) is 14.1. The van der Waals surface area contributed by atoms with Crippen molar-refractivity contribution in [1.29, 1.82) is 0 Å². The van der Waals surface area contributed by atoms with Gasteiger partial charge >= 0.3 is 0 Å². The second-order valence-electron chi connectivity index (χ2n) is 9.32. The highest BCUT2D eigenvalue weighted by atomic mass is 32.2. The summed E-state index contributed by atoms with van der Waals surface area (Å²) in [6.45, 7) is 5.42. The molecule has 2 amide bonds. The van der Waals surface area contributed by atoms with Crippen LogP contribution in [0.2, 0.25) is 0 Å². The molecule has 0 saturated carbocycles. The van der Waals surface area contributed by atoms with Crippen LogP contribution in [0.25, 0.3) is 16.3 Å². The van der Waals surface area contributed by atoms with Crippen LogP contribution in [0, 0.1) is 18.6 Å². The smallest absolute Gasteiger partial charge is 0.240 e. The van der Waals surface area contributed by atoms with E-state index in [4.69, 9.17) is 5.10 Å². The summed E-state index contributed by atoms with van der Waals surface area (Å²) in [7, 11) is 0. The van der Waals surface area contributed by atoms with Gasteiger partial charge in [0.25, 0.3) is 0 Å². The van der Waals surface area contributed by atoms with E-state index in [1.807, 2.05) is 62.5 Å². The Balaban J connectivity index is 1.82. The molecule has 4 aromatic rings. The van der Waals surface area contributed by atoms with Gasteiger partial charge in [-0.1, -0.05) is 30.3 Å². The summed E-state index contributed by atoms with van der Waals surface area (Å²) in [5.41, 5.74) is 3.09. The van der Waals surface area contributed by atoms with Gasteiger partial charge in [0.1, 0.15) is 29.7 Å². The fourth-order valence-corrected chi connectivity index (χ4v) is 6.50. The highest BCUT2D eigenvalue weighted by molar-refractivity contribution is 8.00. The molecule has 0 radical (unpaired) electrons. The average Bonchev–Trinajstić information content (AvgIpc) is 3.49. The van der Waals surface area contributed by atoms with Gasteiger partial charge in [-0.2, -0.15) is 5.10 Å². The van der Waals surface area contributed by atoms with Crippen LogP contribution >= 0.6 is 23.1 Å². The number of amides is 2. The topological polar surface area (TPSA) is 67.2 Å². The number of aryl methyl sites for hydroxylation is 1. The van der Waals surface area contributed by atoms with Crippen LogP contribution in [-0.4, -0.2) is 39.9 Å². The number of thioether (sulfide) groups is 1. The van der Waals surface area contributed by atoms with E-state index in [-0.39, 0.29) is 35.7 Å². The molecule has 6 nitrogen and oxygen atoms in total. The molecule has 0 bridgehead atoms. The number of rotatable bonds is 6. The van der Waals surface area contributed by atoms with E-state index in [1.54, 1.807) is 4.68 Å². The minimum absolute atomic E-state index is 0.00275. The van der Waals surface area contributed by atoms with E-state index in [2.05, 4.69) is 5.32 Å². The predicted octanol–water partition coefficient (Wildman–Crippen LogP) is 5.88. The van der Waals surface area contributed by atoms with Gasteiger partial charge in [0, 0.05) is 23.2 Å². The summed E-state index contributed by atoms with van der Waals surface area (Å²) in [6.07, 6.45) is 0. The SMILES string of the molecule is Cc1ccccc1-n1nc(-c2cccs2)c2c1N(CC(=O)NC(C)C)C(=O)CS[C@@H]2c1ccc(F)cc1F. The molecule has 3 heterocycles. The Morgan fingerprint density at radius 1 is 1.16 bits per heavy atom. The van der Waals surface area contributed by atoms with Crippen molar-refractivity contribution in [1.82, 2.24) is 15.1 Å². The van der Waals surface area contributed by atoms with Crippen molar-refractivity contribution in [3.63, 3.8) is 0 Å². The van der Waals surface area contributed by atoms with Crippen LogP contribution in [0.1, 0.15) is 35.8 Å². The number of hydrogen-bond donors (Lipinski definition) is 1. The van der Waals surface area contributed by atoms with Crippen LogP contribution in [0.4, 0.5) is 14.6 Å². The Morgan fingerprint density at radius 2 is 1.95 bits per heavy atom. The average molecular weight is 553 g/mol. The summed E-state index contributed by atoms with van der Waals surface area (Å²) in [4.78, 5) is 28.8. The maximum atomic E-state index is 15.2. The Labute approximate surface area is 227 Å². The number of nitrogens with zero attached hydrogens (tertiary/aromatic N) is 3. The summed E-state index contributed by atoms with van der Waals surface area (Å²) in [6, 6.07) is 14.8. The molecule has 0 fully saturated rings. The number of halogens is 2. The van der Waals surface area contributed by atoms with Gasteiger partial charge in [-0.05, 0) is 49.9 Å². The van der Waals surface area contributed by atoms with Gasteiger partial charge < -0.3 is 5.32 Å². The summed E-state index contributed by atoms with van der Waals surface area (Å²) in [5.74, 6) is -1.58. The van der Waals surface area contributed by atoms with Crippen molar-refractivity contribution < 1.29 is 18.4 Å². The lowest BCUT2D eigenvalue weighted by molar-refractivity contribution is -0.123. The molecule has 0 spiro atoms. The third-order valence-corrected chi connectivity index (χ3v) is 8.30. The van der Waals surface area contributed by atoms with Crippen molar-refractivity contribution in [2.75, 3.05) is 17.2 Å². The molecular weight excluding hydrogens is 526 g/mol. The van der Waals surface area contributed by atoms with E-state index in [0.717, 1.165) is 22.2 Å². The van der Waals surface area contributed by atoms with Gasteiger partial charge in [0.2, 0.25) is 11.8 Å². The van der Waals surface area contributed by atoms with E-state index in [1.165, 1.54) is 40.1 Å². The third-order valence-electron chi connectivity index (χ3n) is 6.18. The molecule has 2 aromatic heterocycles. The molecule has 0 saturated heterocycles. The van der Waals surface area contributed by atoms with Gasteiger partial charge in [-0.25, -0.2) is 13.5 Å². The monoisotopic (exact) mass is 552 g/mol. The van der Waals surface area contributed by atoms with Crippen LogP contribution in [-0.2, 0) is 9.59 Å². The number of carbonyl (C=O) groups is 2. The first-order valence-electron chi connectivity index (χ1n) is 12.1. The highest BCUT2D eigenvalue weighted by Gasteiger charge is 2.39. The zero-order chi connectivity index (χ0) is 27.0. The molecule has 1 atom stereocenters. The minimum atomic E-state index is -0.701. The molecule has 2 aromatic carbocycles. The fraction of sp³-hybridized carbons (Fsp3) is 0.250. The molecule has 38 heavy (non-hydrogen) atoms. The zero-order valence-corrected chi connectivity index (χ0v) is 22.7. The maximum absolute atomic E-state index is 15.2. The van der Waals surface area contributed by atoms with Gasteiger partial charge in [-0.15, -0.1) is 23.1 Å². The lowest BCUT2D eigenvalue weighted by Gasteiger charge is -2.24. The molecule has 196 valence electrons. The second-order valence-corrected chi connectivity index (χ2v) is 11.4. The predicted molar refractivity (Wildman–Crippen MR) is 148 cm³/mol. The van der Waals surface area contributed by atoms with E-state index in [9.17, 15) is 14.0 Å². The molecule has 10 heteroatoms. The van der Waals surface area contributed by atoms with E-state index >= 15 is 4.39 Å². The van der Waals surface area contributed by atoms with Gasteiger partial charge in [0.15, 0.2) is 0 Å². The third kappa shape index (κ3) is 4.98. The number of carbonyl (C=O) groups excluding carboxylic acids is 2. The number of aromatic nitrogens is 2. The minimum Gasteiger partial charge on any atom is -0.352 e. The Bertz CT molecular complexity index is 1500. The zero-order valence-electron chi connectivity index (χ0n) is 21.1. The summed E-state index contributed by atoms with van der Waals surface area (Å²) >= 11 is 2.72. The van der Waals surface area contributed by atoms with Crippen molar-refractivity contribution >= 4 is 40.7 Å². The van der Waals surface area contributed by atoms with Gasteiger partial charge in [0.05, 0.1) is 21.6 Å². The molecule has 0 aliphatic carbocycles. The molecular formula is C28H26F2N4O2S2. The van der Waals surface area contributed by atoms with Gasteiger partial charge in [-0.3, -0.25) is 14.5 Å². The molecule has 1 N–H and O–H groups in total. The normalized spacial score (nSPS) is 15.5. The van der Waals surface area contributed by atoms with Crippen LogP contribution in [0.3, 0.4) is 0 Å². The standard InChI is InChI=1S/C28H26F2N4O2S2/c1-16(2)31-23(35)14-33-24(36)15-38-27(19-11-10-18(29)13-20(19)30)25-26(22-9-6-12-37-22)32-34(28(25)33)21-8-5-4-7-17(21)3/h4-13,16,27H,14-15H2,1-3H3,(H,31,35)/t27-/m1/s1. The van der Waals surface area contributed by atoms with E-state index < -0.39 is 16.9 Å². The van der Waals surface area contributed by atoms with Crippen LogP contribution < -0.4 is 10.2 Å². The quantitative estimate of drug-likeness (QED) is 0.324. The van der Waals surface area contributed by atoms with Crippen molar-refractivity contribution in [3.8, 4) is 16.3 Å². The first kappa shape index (κ1) is 26.1. The molecule has 0 unspecified atom stereocenters. The van der Waals surface area contributed by atoms with Crippen LogP contribution in [0.15, 0.2) is 60.0 Å². The summed E-state index contributed by atoms with van der Waals surface area (Å²) in [5, 5.41) is 9.09. The number of benzene rings is 2. The number of para-hydroxylation sites is 1. The molecule has 5 rings (SSSR count). The van der Waals surface area contributed by atoms with Crippen molar-refractivity contribution in [2.45, 2.75) is 32.1 Å². The molecule has 1 aliphatic rings. The van der Waals surface area contributed by atoms with E-state index in [0.29, 0.717) is 17.1 Å². The number of anilines is 1. The summed E-state index contributed by atoms with van der Waals surface area (Å²) < 4.78 is 30.8. The maximum Gasteiger partial charge on any atom is 0.240 e.